The van der Waals surface area contributed by atoms with Crippen LogP contribution in [0.15, 0.2) is 0 Å². The van der Waals surface area contributed by atoms with Gasteiger partial charge in [-0.25, -0.2) is 0 Å². The first-order valence-electron chi connectivity index (χ1n) is 6.21. The van der Waals surface area contributed by atoms with Crippen molar-refractivity contribution in [1.82, 2.24) is 10.2 Å². The van der Waals surface area contributed by atoms with Crippen LogP contribution in [0.25, 0.3) is 0 Å². The summed E-state index contributed by atoms with van der Waals surface area (Å²) < 4.78 is 39.4. The van der Waals surface area contributed by atoms with Gasteiger partial charge in [0.05, 0.1) is 6.61 Å². The van der Waals surface area contributed by atoms with Crippen molar-refractivity contribution in [2.45, 2.75) is 52.6 Å². The van der Waals surface area contributed by atoms with Gasteiger partial charge in [0.25, 0.3) is 0 Å². The summed E-state index contributed by atoms with van der Waals surface area (Å²) in [6.07, 6.45) is -4.54. The number of rotatable bonds is 7. The van der Waals surface area contributed by atoms with Crippen LogP contribution in [0.1, 0.15) is 34.6 Å². The third kappa shape index (κ3) is 10.8. The van der Waals surface area contributed by atoms with E-state index in [0.29, 0.717) is 6.54 Å². The van der Waals surface area contributed by atoms with E-state index < -0.39 is 6.36 Å². The smallest absolute Gasteiger partial charge is 0.311 e. The Balaban J connectivity index is 3.94. The molecule has 0 saturated carbocycles. The zero-order chi connectivity index (χ0) is 14.4. The number of alkyl halides is 3. The van der Waals surface area contributed by atoms with Crippen molar-refractivity contribution in [3.63, 3.8) is 0 Å². The Hall–Kier alpha value is -0.330. The summed E-state index contributed by atoms with van der Waals surface area (Å²) in [4.78, 5) is 1.96. The van der Waals surface area contributed by atoms with Crippen LogP contribution in [0.5, 0.6) is 0 Å². The molecule has 18 heavy (non-hydrogen) atoms. The number of hydrogen-bond acceptors (Lipinski definition) is 3. The second kappa shape index (κ2) is 7.31. The summed E-state index contributed by atoms with van der Waals surface area (Å²) in [7, 11) is 0. The molecule has 110 valence electrons. The Morgan fingerprint density at radius 3 is 2.06 bits per heavy atom. The lowest BCUT2D eigenvalue weighted by Crippen LogP contribution is -2.44. The Morgan fingerprint density at radius 1 is 1.11 bits per heavy atom. The van der Waals surface area contributed by atoms with Crippen molar-refractivity contribution in [2.75, 3.05) is 26.2 Å². The fourth-order valence-electron chi connectivity index (χ4n) is 1.48. The molecular formula is C12H25F3N2O. The second-order valence-electron chi connectivity index (χ2n) is 5.60. The molecule has 0 amide bonds. The van der Waals surface area contributed by atoms with E-state index in [9.17, 15) is 13.2 Å². The maximum atomic E-state index is 11.9. The maximum Gasteiger partial charge on any atom is 0.522 e. The average molecular weight is 270 g/mol. The number of halogens is 3. The van der Waals surface area contributed by atoms with Gasteiger partial charge in [0.15, 0.2) is 0 Å². The van der Waals surface area contributed by atoms with Crippen LogP contribution in [-0.2, 0) is 4.74 Å². The topological polar surface area (TPSA) is 24.5 Å². The van der Waals surface area contributed by atoms with Gasteiger partial charge in [0, 0.05) is 31.2 Å². The highest BCUT2D eigenvalue weighted by molar-refractivity contribution is 4.72. The minimum absolute atomic E-state index is 0.0190. The van der Waals surface area contributed by atoms with E-state index in [1.807, 2.05) is 18.7 Å². The van der Waals surface area contributed by atoms with Crippen molar-refractivity contribution >= 4 is 0 Å². The summed E-state index contributed by atoms with van der Waals surface area (Å²) in [5, 5.41) is 3.31. The zero-order valence-electron chi connectivity index (χ0n) is 11.9. The van der Waals surface area contributed by atoms with Crippen molar-refractivity contribution < 1.29 is 17.9 Å². The molecule has 0 radical (unpaired) electrons. The molecule has 0 saturated heterocycles. The Bertz CT molecular complexity index is 204. The highest BCUT2D eigenvalue weighted by Crippen LogP contribution is 2.15. The van der Waals surface area contributed by atoms with Crippen LogP contribution in [0.2, 0.25) is 0 Å². The predicted octanol–water partition coefficient (Wildman–Crippen LogP) is 2.62. The molecular weight excluding hydrogens is 245 g/mol. The molecule has 0 heterocycles. The summed E-state index contributed by atoms with van der Waals surface area (Å²) in [6, 6.07) is 0.198. The molecule has 0 aliphatic heterocycles. The van der Waals surface area contributed by atoms with E-state index in [0.717, 1.165) is 6.54 Å². The fraction of sp³-hybridized carbons (Fsp3) is 1.00. The minimum Gasteiger partial charge on any atom is -0.311 e. The molecule has 0 atom stereocenters. The maximum absolute atomic E-state index is 11.9. The van der Waals surface area contributed by atoms with Gasteiger partial charge in [-0.3, -0.25) is 9.64 Å². The van der Waals surface area contributed by atoms with E-state index >= 15 is 0 Å². The average Bonchev–Trinajstić information content (AvgIpc) is 2.11. The molecule has 1 N–H and O–H groups in total. The second-order valence-corrected chi connectivity index (χ2v) is 5.60. The minimum atomic E-state index is -4.54. The fourth-order valence-corrected chi connectivity index (χ4v) is 1.48. The Labute approximate surface area is 108 Å². The molecule has 0 unspecified atom stereocenters. The lowest BCUT2D eigenvalue weighted by molar-refractivity contribution is -0.325. The Kier molecular flexibility index (Phi) is 7.17. The quantitative estimate of drug-likeness (QED) is 0.769. The summed E-state index contributed by atoms with van der Waals surface area (Å²) in [5.41, 5.74) is 0.0190. The Morgan fingerprint density at radius 2 is 1.67 bits per heavy atom. The van der Waals surface area contributed by atoms with Crippen LogP contribution in [0, 0.1) is 0 Å². The first-order valence-corrected chi connectivity index (χ1v) is 6.21. The number of nitrogens with zero attached hydrogens (tertiary/aromatic N) is 1. The highest BCUT2D eigenvalue weighted by atomic mass is 19.4. The summed E-state index contributed by atoms with van der Waals surface area (Å²) >= 11 is 0. The third-order valence-corrected chi connectivity index (χ3v) is 2.43. The van der Waals surface area contributed by atoms with Crippen LogP contribution in [0.3, 0.4) is 0 Å². The molecule has 0 aliphatic carbocycles. The van der Waals surface area contributed by atoms with Gasteiger partial charge >= 0.3 is 6.36 Å². The summed E-state index contributed by atoms with van der Waals surface area (Å²) in [6.45, 7) is 11.5. The van der Waals surface area contributed by atoms with Gasteiger partial charge in [0.1, 0.15) is 0 Å². The molecule has 0 aromatic carbocycles. The number of ether oxygens (including phenoxy) is 1. The first kappa shape index (κ1) is 17.7. The zero-order valence-corrected chi connectivity index (χ0v) is 11.9. The molecule has 0 rings (SSSR count). The van der Waals surface area contributed by atoms with Gasteiger partial charge in [-0.05, 0) is 34.6 Å². The van der Waals surface area contributed by atoms with Crippen molar-refractivity contribution in [3.05, 3.63) is 0 Å². The SMILES string of the molecule is CC(C)N(CCNC(C)(C)C)CCOC(F)(F)F. The molecule has 0 aromatic rings. The van der Waals surface area contributed by atoms with E-state index in [1.54, 1.807) is 0 Å². The summed E-state index contributed by atoms with van der Waals surface area (Å²) in [5.74, 6) is 0. The van der Waals surface area contributed by atoms with E-state index in [2.05, 4.69) is 30.8 Å². The standard InChI is InChI=1S/C12H25F3N2O/c1-10(2)17(7-6-16-11(3,4)5)8-9-18-12(13,14)15/h10,16H,6-9H2,1-5H3. The lowest BCUT2D eigenvalue weighted by atomic mass is 10.1. The normalized spacial score (nSPS) is 13.7. The molecule has 0 aromatic heterocycles. The van der Waals surface area contributed by atoms with Gasteiger partial charge < -0.3 is 5.32 Å². The van der Waals surface area contributed by atoms with Gasteiger partial charge in [-0.1, -0.05) is 0 Å². The molecule has 0 spiro atoms. The van der Waals surface area contributed by atoms with E-state index in [1.165, 1.54) is 0 Å². The monoisotopic (exact) mass is 270 g/mol. The van der Waals surface area contributed by atoms with E-state index in [4.69, 9.17) is 0 Å². The van der Waals surface area contributed by atoms with Gasteiger partial charge in [0.2, 0.25) is 0 Å². The van der Waals surface area contributed by atoms with Crippen LogP contribution >= 0.6 is 0 Å². The largest absolute Gasteiger partial charge is 0.522 e. The van der Waals surface area contributed by atoms with Crippen molar-refractivity contribution in [1.29, 1.82) is 0 Å². The highest BCUT2D eigenvalue weighted by Gasteiger charge is 2.29. The van der Waals surface area contributed by atoms with Crippen molar-refractivity contribution in [3.8, 4) is 0 Å². The van der Waals surface area contributed by atoms with Gasteiger partial charge in [-0.15, -0.1) is 13.2 Å². The van der Waals surface area contributed by atoms with Crippen molar-refractivity contribution in [2.24, 2.45) is 0 Å². The van der Waals surface area contributed by atoms with E-state index in [-0.39, 0.29) is 24.7 Å². The molecule has 0 aliphatic rings. The molecule has 3 nitrogen and oxygen atoms in total. The van der Waals surface area contributed by atoms with Crippen LogP contribution in [0.4, 0.5) is 13.2 Å². The molecule has 6 heteroatoms. The molecule has 0 fully saturated rings. The predicted molar refractivity (Wildman–Crippen MR) is 66.5 cm³/mol. The first-order chi connectivity index (χ1) is 8.01. The number of nitrogens with one attached hydrogen (secondary N) is 1. The lowest BCUT2D eigenvalue weighted by Gasteiger charge is -2.29. The number of hydrogen-bond donors (Lipinski definition) is 1. The van der Waals surface area contributed by atoms with Crippen LogP contribution in [-0.4, -0.2) is 49.1 Å². The van der Waals surface area contributed by atoms with Gasteiger partial charge in [-0.2, -0.15) is 0 Å². The third-order valence-electron chi connectivity index (χ3n) is 2.43. The molecule has 0 bridgehead atoms. The van der Waals surface area contributed by atoms with Crippen LogP contribution < -0.4 is 5.32 Å².